The predicted molar refractivity (Wildman–Crippen MR) is 94.5 cm³/mol. The molecule has 2 aromatic rings. The van der Waals surface area contributed by atoms with E-state index in [-0.39, 0.29) is 5.91 Å². The molecule has 0 saturated heterocycles. The smallest absolute Gasteiger partial charge is 0.221 e. The summed E-state index contributed by atoms with van der Waals surface area (Å²) in [5, 5.41) is 4.45. The molecular formula is C19H27N3O. The zero-order valence-corrected chi connectivity index (χ0v) is 14.1. The van der Waals surface area contributed by atoms with Crippen LogP contribution in [0.2, 0.25) is 0 Å². The highest BCUT2D eigenvalue weighted by molar-refractivity contribution is 5.84. The lowest BCUT2D eigenvalue weighted by molar-refractivity contribution is -0.121. The number of hydrogen-bond donors (Lipinski definition) is 2. The van der Waals surface area contributed by atoms with Crippen LogP contribution in [0, 0.1) is 13.8 Å². The van der Waals surface area contributed by atoms with E-state index in [1.807, 2.05) is 0 Å². The van der Waals surface area contributed by atoms with Crippen LogP contribution in [0.1, 0.15) is 49.3 Å². The molecule has 3 rings (SSSR count). The van der Waals surface area contributed by atoms with Gasteiger partial charge in [0.15, 0.2) is 0 Å². The third kappa shape index (κ3) is 3.42. The number of nitrogens with zero attached hydrogens (tertiary/aromatic N) is 1. The van der Waals surface area contributed by atoms with Crippen molar-refractivity contribution in [3.8, 4) is 0 Å². The molecule has 1 fully saturated rings. The maximum absolute atomic E-state index is 11.7. The molecule has 4 nitrogen and oxygen atoms in total. The van der Waals surface area contributed by atoms with Gasteiger partial charge in [-0.25, -0.2) is 0 Å². The molecule has 1 aliphatic carbocycles. The van der Waals surface area contributed by atoms with Crippen LogP contribution in [0.25, 0.3) is 10.9 Å². The van der Waals surface area contributed by atoms with Crippen LogP contribution in [-0.4, -0.2) is 23.1 Å². The van der Waals surface area contributed by atoms with Crippen molar-refractivity contribution in [2.45, 2.75) is 58.0 Å². The summed E-state index contributed by atoms with van der Waals surface area (Å²) in [6, 6.07) is 7.60. The Labute approximate surface area is 138 Å². The van der Waals surface area contributed by atoms with E-state index < -0.39 is 0 Å². The van der Waals surface area contributed by atoms with Gasteiger partial charge in [0, 0.05) is 36.6 Å². The third-order valence-electron chi connectivity index (χ3n) is 4.97. The van der Waals surface area contributed by atoms with E-state index in [2.05, 4.69) is 48.1 Å². The number of carbonyl (C=O) groups excluding carboxylic acids is 1. The molecule has 0 atom stereocenters. The number of fused-ring (bicyclic) bond motifs is 1. The van der Waals surface area contributed by atoms with Crippen LogP contribution >= 0.6 is 0 Å². The topological polar surface area (TPSA) is 60.0 Å². The molecule has 1 heterocycles. The SMILES string of the molecule is Cc1cc(C)c2c(ccn2C2CCC(NC(=O)CCN)CC2)c1. The number of amides is 1. The molecule has 124 valence electrons. The highest BCUT2D eigenvalue weighted by Gasteiger charge is 2.24. The fourth-order valence-electron chi connectivity index (χ4n) is 3.94. The zero-order chi connectivity index (χ0) is 16.4. The van der Waals surface area contributed by atoms with Gasteiger partial charge in [0.2, 0.25) is 5.91 Å². The van der Waals surface area contributed by atoms with E-state index in [0.29, 0.717) is 25.0 Å². The lowest BCUT2D eigenvalue weighted by Crippen LogP contribution is -2.38. The van der Waals surface area contributed by atoms with Gasteiger partial charge in [0.1, 0.15) is 0 Å². The van der Waals surface area contributed by atoms with Gasteiger partial charge in [-0.3, -0.25) is 4.79 Å². The molecule has 0 spiro atoms. The van der Waals surface area contributed by atoms with Crippen molar-refractivity contribution in [3.63, 3.8) is 0 Å². The second kappa shape index (κ2) is 6.75. The predicted octanol–water partition coefficient (Wildman–Crippen LogP) is 3.21. The van der Waals surface area contributed by atoms with Gasteiger partial charge < -0.3 is 15.6 Å². The van der Waals surface area contributed by atoms with Crippen molar-refractivity contribution < 1.29 is 4.79 Å². The van der Waals surface area contributed by atoms with Gasteiger partial charge in [-0.1, -0.05) is 11.6 Å². The van der Waals surface area contributed by atoms with E-state index in [9.17, 15) is 4.79 Å². The standard InChI is InChI=1S/C19H27N3O/c1-13-11-14(2)19-15(12-13)8-10-22(19)17-5-3-16(4-6-17)21-18(23)7-9-20/h8,10-12,16-17H,3-7,9,20H2,1-2H3,(H,21,23). The summed E-state index contributed by atoms with van der Waals surface area (Å²) in [5.74, 6) is 0.0914. The van der Waals surface area contributed by atoms with Crippen LogP contribution < -0.4 is 11.1 Å². The van der Waals surface area contributed by atoms with Gasteiger partial charge >= 0.3 is 0 Å². The second-order valence-electron chi connectivity index (χ2n) is 6.85. The van der Waals surface area contributed by atoms with Gasteiger partial charge in [-0.2, -0.15) is 0 Å². The fourth-order valence-corrected chi connectivity index (χ4v) is 3.94. The molecule has 1 aliphatic rings. The Morgan fingerprint density at radius 1 is 1.26 bits per heavy atom. The minimum absolute atomic E-state index is 0.0914. The molecule has 1 aromatic carbocycles. The summed E-state index contributed by atoms with van der Waals surface area (Å²) in [5.41, 5.74) is 9.47. The molecule has 3 N–H and O–H groups in total. The Morgan fingerprint density at radius 2 is 2.00 bits per heavy atom. The Bertz CT molecular complexity index is 696. The van der Waals surface area contributed by atoms with Gasteiger partial charge in [0.25, 0.3) is 0 Å². The number of carbonyl (C=O) groups is 1. The van der Waals surface area contributed by atoms with Crippen molar-refractivity contribution in [2.24, 2.45) is 5.73 Å². The average Bonchev–Trinajstić information content (AvgIpc) is 2.92. The van der Waals surface area contributed by atoms with Crippen LogP contribution in [-0.2, 0) is 4.79 Å². The molecular weight excluding hydrogens is 286 g/mol. The summed E-state index contributed by atoms with van der Waals surface area (Å²) in [6.07, 6.45) is 6.99. The first-order valence-electron chi connectivity index (χ1n) is 8.65. The van der Waals surface area contributed by atoms with E-state index in [0.717, 1.165) is 25.7 Å². The lowest BCUT2D eigenvalue weighted by Gasteiger charge is -2.31. The molecule has 1 amide bonds. The zero-order valence-electron chi connectivity index (χ0n) is 14.1. The number of rotatable bonds is 4. The number of hydrogen-bond acceptors (Lipinski definition) is 2. The quantitative estimate of drug-likeness (QED) is 0.910. The summed E-state index contributed by atoms with van der Waals surface area (Å²) < 4.78 is 2.45. The van der Waals surface area contributed by atoms with Gasteiger partial charge in [-0.05, 0) is 57.2 Å². The van der Waals surface area contributed by atoms with Crippen LogP contribution in [0.15, 0.2) is 24.4 Å². The Morgan fingerprint density at radius 3 is 2.70 bits per heavy atom. The molecule has 1 saturated carbocycles. The molecule has 0 unspecified atom stereocenters. The third-order valence-corrected chi connectivity index (χ3v) is 4.97. The molecule has 4 heteroatoms. The van der Waals surface area contributed by atoms with E-state index >= 15 is 0 Å². The number of nitrogens with one attached hydrogen (secondary N) is 1. The Balaban J connectivity index is 1.70. The fraction of sp³-hybridized carbons (Fsp3) is 0.526. The molecule has 0 radical (unpaired) electrons. The first kappa shape index (κ1) is 16.1. The summed E-state index contributed by atoms with van der Waals surface area (Å²) in [7, 11) is 0. The number of nitrogens with two attached hydrogens (primary N) is 1. The maximum atomic E-state index is 11.7. The summed E-state index contributed by atoms with van der Waals surface area (Å²) in [4.78, 5) is 11.7. The maximum Gasteiger partial charge on any atom is 0.221 e. The average molecular weight is 313 g/mol. The second-order valence-corrected chi connectivity index (χ2v) is 6.85. The molecule has 1 aromatic heterocycles. The number of benzene rings is 1. The normalized spacial score (nSPS) is 21.5. The van der Waals surface area contributed by atoms with Crippen molar-refractivity contribution >= 4 is 16.8 Å². The summed E-state index contributed by atoms with van der Waals surface area (Å²) in [6.45, 7) is 4.78. The highest BCUT2D eigenvalue weighted by Crippen LogP contribution is 2.33. The molecule has 0 aliphatic heterocycles. The van der Waals surface area contributed by atoms with Crippen molar-refractivity contribution in [1.82, 2.24) is 9.88 Å². The van der Waals surface area contributed by atoms with E-state index in [4.69, 9.17) is 5.73 Å². The highest BCUT2D eigenvalue weighted by atomic mass is 16.1. The lowest BCUT2D eigenvalue weighted by atomic mass is 9.90. The van der Waals surface area contributed by atoms with Crippen molar-refractivity contribution in [3.05, 3.63) is 35.5 Å². The van der Waals surface area contributed by atoms with Gasteiger partial charge in [-0.15, -0.1) is 0 Å². The van der Waals surface area contributed by atoms with Crippen LogP contribution in [0.3, 0.4) is 0 Å². The van der Waals surface area contributed by atoms with Crippen molar-refractivity contribution in [2.75, 3.05) is 6.54 Å². The first-order chi connectivity index (χ1) is 11.1. The number of aryl methyl sites for hydroxylation is 2. The largest absolute Gasteiger partial charge is 0.353 e. The Hall–Kier alpha value is -1.81. The van der Waals surface area contributed by atoms with Crippen LogP contribution in [0.5, 0.6) is 0 Å². The van der Waals surface area contributed by atoms with Gasteiger partial charge in [0.05, 0.1) is 5.52 Å². The van der Waals surface area contributed by atoms with E-state index in [1.165, 1.54) is 22.0 Å². The summed E-state index contributed by atoms with van der Waals surface area (Å²) >= 11 is 0. The minimum atomic E-state index is 0.0914. The molecule has 0 bridgehead atoms. The number of aromatic nitrogens is 1. The minimum Gasteiger partial charge on any atom is -0.353 e. The Kier molecular flexibility index (Phi) is 4.71. The van der Waals surface area contributed by atoms with E-state index in [1.54, 1.807) is 0 Å². The van der Waals surface area contributed by atoms with Crippen LogP contribution in [0.4, 0.5) is 0 Å². The van der Waals surface area contributed by atoms with Crippen molar-refractivity contribution in [1.29, 1.82) is 0 Å². The first-order valence-corrected chi connectivity index (χ1v) is 8.65. The monoisotopic (exact) mass is 313 g/mol. The molecule has 23 heavy (non-hydrogen) atoms.